The number of aliphatic hydroxyl groups excluding tert-OH is 2. The molecule has 0 aliphatic carbocycles. The minimum atomic E-state index is -0.759. The summed E-state index contributed by atoms with van der Waals surface area (Å²) in [5, 5.41) is 20.0. The molecule has 3 nitrogen and oxygen atoms in total. The number of thiazole rings is 1. The van der Waals surface area contributed by atoms with E-state index in [2.05, 4.69) is 4.98 Å². The fourth-order valence-electron chi connectivity index (χ4n) is 1.98. The molecule has 2 N–H and O–H groups in total. The molecule has 1 heterocycles. The maximum Gasteiger partial charge on any atom is 0.0794 e. The zero-order valence-electron chi connectivity index (χ0n) is 9.71. The Labute approximate surface area is 115 Å². The van der Waals surface area contributed by atoms with E-state index >= 15 is 0 Å². The van der Waals surface area contributed by atoms with Gasteiger partial charge in [-0.2, -0.15) is 0 Å². The van der Waals surface area contributed by atoms with Crippen LogP contribution in [-0.4, -0.2) is 28.4 Å². The van der Waals surface area contributed by atoms with Crippen LogP contribution >= 0.6 is 22.9 Å². The Hall–Kier alpha value is -0.940. The first-order chi connectivity index (χ1) is 8.72. The highest BCUT2D eigenvalue weighted by molar-refractivity contribution is 7.09. The summed E-state index contributed by atoms with van der Waals surface area (Å²) in [7, 11) is 0. The number of hydrogen-bond donors (Lipinski definition) is 2. The fourth-order valence-corrected chi connectivity index (χ4v) is 3.06. The molecule has 0 amide bonds. The Kier molecular flexibility index (Phi) is 4.35. The van der Waals surface area contributed by atoms with Crippen LogP contribution in [-0.2, 0) is 11.8 Å². The van der Waals surface area contributed by atoms with Gasteiger partial charge in [-0.05, 0) is 18.1 Å². The van der Waals surface area contributed by atoms with E-state index in [1.807, 2.05) is 18.2 Å². The van der Waals surface area contributed by atoms with Crippen molar-refractivity contribution >= 4 is 22.9 Å². The van der Waals surface area contributed by atoms with E-state index in [1.54, 1.807) is 17.8 Å². The molecule has 0 aliphatic heterocycles. The second-order valence-electron chi connectivity index (χ2n) is 4.22. The van der Waals surface area contributed by atoms with E-state index in [4.69, 9.17) is 11.6 Å². The molecule has 0 atom stereocenters. The van der Waals surface area contributed by atoms with Crippen LogP contribution in [0.15, 0.2) is 36.0 Å². The van der Waals surface area contributed by atoms with Crippen LogP contribution in [0.5, 0.6) is 0 Å². The molecule has 0 saturated heterocycles. The molecule has 0 bridgehead atoms. The van der Waals surface area contributed by atoms with Gasteiger partial charge in [0.15, 0.2) is 0 Å². The number of aromatic nitrogens is 1. The Morgan fingerprint density at radius 2 is 1.94 bits per heavy atom. The Morgan fingerprint density at radius 1 is 1.22 bits per heavy atom. The molecule has 5 heteroatoms. The number of rotatable bonds is 5. The van der Waals surface area contributed by atoms with Crippen molar-refractivity contribution < 1.29 is 10.2 Å². The van der Waals surface area contributed by atoms with Gasteiger partial charge in [0, 0.05) is 21.5 Å². The summed E-state index contributed by atoms with van der Waals surface area (Å²) in [6.07, 6.45) is 2.27. The molecule has 0 saturated carbocycles. The number of halogens is 1. The van der Waals surface area contributed by atoms with Gasteiger partial charge in [0.25, 0.3) is 0 Å². The quantitative estimate of drug-likeness (QED) is 0.885. The maximum absolute atomic E-state index is 9.72. The first kappa shape index (κ1) is 13.5. The van der Waals surface area contributed by atoms with Gasteiger partial charge in [0.1, 0.15) is 0 Å². The molecule has 0 fully saturated rings. The Balaban J connectivity index is 2.40. The average Bonchev–Trinajstić information content (AvgIpc) is 2.90. The van der Waals surface area contributed by atoms with E-state index in [1.165, 1.54) is 11.3 Å². The summed E-state index contributed by atoms with van der Waals surface area (Å²) >= 11 is 7.68. The third kappa shape index (κ3) is 2.57. The molecule has 1 aromatic heterocycles. The third-order valence-electron chi connectivity index (χ3n) is 3.05. The van der Waals surface area contributed by atoms with E-state index in [9.17, 15) is 10.2 Å². The first-order valence-electron chi connectivity index (χ1n) is 5.56. The zero-order valence-corrected chi connectivity index (χ0v) is 11.3. The van der Waals surface area contributed by atoms with Gasteiger partial charge in [-0.3, -0.25) is 4.98 Å². The van der Waals surface area contributed by atoms with Gasteiger partial charge in [0.2, 0.25) is 0 Å². The molecule has 18 heavy (non-hydrogen) atoms. The molecule has 0 unspecified atom stereocenters. The third-order valence-corrected chi connectivity index (χ3v) is 4.16. The largest absolute Gasteiger partial charge is 0.395 e. The Bertz CT molecular complexity index is 497. The topological polar surface area (TPSA) is 53.4 Å². The van der Waals surface area contributed by atoms with Crippen molar-refractivity contribution in [1.29, 1.82) is 0 Å². The van der Waals surface area contributed by atoms with Gasteiger partial charge in [-0.15, -0.1) is 11.3 Å². The van der Waals surface area contributed by atoms with Crippen LogP contribution in [0.1, 0.15) is 10.4 Å². The van der Waals surface area contributed by atoms with Crippen molar-refractivity contribution in [2.45, 2.75) is 11.8 Å². The monoisotopic (exact) mass is 283 g/mol. The van der Waals surface area contributed by atoms with E-state index < -0.39 is 5.41 Å². The number of hydrogen-bond acceptors (Lipinski definition) is 4. The molecule has 0 radical (unpaired) electrons. The van der Waals surface area contributed by atoms with Crippen LogP contribution in [0.2, 0.25) is 5.02 Å². The molecule has 1 aromatic carbocycles. The van der Waals surface area contributed by atoms with Crippen LogP contribution in [0.4, 0.5) is 0 Å². The molecule has 0 spiro atoms. The highest BCUT2D eigenvalue weighted by Crippen LogP contribution is 2.33. The summed E-state index contributed by atoms with van der Waals surface area (Å²) in [5.74, 6) is 0. The molecule has 2 aromatic rings. The van der Waals surface area contributed by atoms with E-state index in [0.717, 1.165) is 10.4 Å². The Morgan fingerprint density at radius 3 is 2.50 bits per heavy atom. The molecule has 96 valence electrons. The molecule has 2 rings (SSSR count). The van der Waals surface area contributed by atoms with Crippen LogP contribution in [0, 0.1) is 0 Å². The van der Waals surface area contributed by atoms with Crippen molar-refractivity contribution in [3.8, 4) is 0 Å². The minimum Gasteiger partial charge on any atom is -0.395 e. The van der Waals surface area contributed by atoms with Crippen molar-refractivity contribution in [1.82, 2.24) is 4.98 Å². The summed E-state index contributed by atoms with van der Waals surface area (Å²) < 4.78 is 0. The number of aliphatic hydroxyl groups is 2. The summed E-state index contributed by atoms with van der Waals surface area (Å²) in [6, 6.07) is 7.30. The minimum absolute atomic E-state index is 0.162. The van der Waals surface area contributed by atoms with Crippen LogP contribution in [0.3, 0.4) is 0 Å². The average molecular weight is 284 g/mol. The molecular weight excluding hydrogens is 270 g/mol. The summed E-state index contributed by atoms with van der Waals surface area (Å²) in [6.45, 7) is -0.323. The number of benzene rings is 1. The SMILES string of the molecule is OCC(CO)(Cc1cncs1)c1ccccc1Cl. The second-order valence-corrected chi connectivity index (χ2v) is 5.60. The molecule has 0 aliphatic rings. The van der Waals surface area contributed by atoms with Gasteiger partial charge < -0.3 is 10.2 Å². The zero-order chi connectivity index (χ0) is 13.0. The second kappa shape index (κ2) is 5.80. The van der Waals surface area contributed by atoms with Crippen LogP contribution in [0.25, 0.3) is 0 Å². The lowest BCUT2D eigenvalue weighted by atomic mass is 9.78. The van der Waals surface area contributed by atoms with Crippen molar-refractivity contribution in [2.75, 3.05) is 13.2 Å². The van der Waals surface area contributed by atoms with Gasteiger partial charge in [0.05, 0.1) is 18.7 Å². The van der Waals surface area contributed by atoms with Gasteiger partial charge >= 0.3 is 0 Å². The van der Waals surface area contributed by atoms with E-state index in [-0.39, 0.29) is 13.2 Å². The molecular formula is C13H14ClNO2S. The van der Waals surface area contributed by atoms with Crippen molar-refractivity contribution in [3.63, 3.8) is 0 Å². The maximum atomic E-state index is 9.72. The predicted octanol–water partition coefficient (Wildman–Crippen LogP) is 2.26. The summed E-state index contributed by atoms with van der Waals surface area (Å²) in [5.41, 5.74) is 1.75. The summed E-state index contributed by atoms with van der Waals surface area (Å²) in [4.78, 5) is 5.03. The van der Waals surface area contributed by atoms with Gasteiger partial charge in [-0.25, -0.2) is 0 Å². The predicted molar refractivity (Wildman–Crippen MR) is 73.1 cm³/mol. The smallest absolute Gasteiger partial charge is 0.0794 e. The first-order valence-corrected chi connectivity index (χ1v) is 6.82. The standard InChI is InChI=1S/C13H14ClNO2S/c14-12-4-2-1-3-11(12)13(7-16,8-17)5-10-6-15-9-18-10/h1-4,6,9,16-17H,5,7-8H2. The normalized spacial score (nSPS) is 11.7. The van der Waals surface area contributed by atoms with Crippen molar-refractivity contribution in [3.05, 3.63) is 51.4 Å². The lowest BCUT2D eigenvalue weighted by molar-refractivity contribution is 0.117. The van der Waals surface area contributed by atoms with E-state index in [0.29, 0.717) is 11.4 Å². The highest BCUT2D eigenvalue weighted by Gasteiger charge is 2.33. The fraction of sp³-hybridized carbons (Fsp3) is 0.308. The van der Waals surface area contributed by atoms with Crippen molar-refractivity contribution in [2.24, 2.45) is 0 Å². The number of nitrogens with zero attached hydrogens (tertiary/aromatic N) is 1. The van der Waals surface area contributed by atoms with Crippen LogP contribution < -0.4 is 0 Å². The lowest BCUT2D eigenvalue weighted by Crippen LogP contribution is -2.37. The lowest BCUT2D eigenvalue weighted by Gasteiger charge is -2.30. The van der Waals surface area contributed by atoms with Gasteiger partial charge in [-0.1, -0.05) is 29.8 Å². The highest BCUT2D eigenvalue weighted by atomic mass is 35.5.